The van der Waals surface area contributed by atoms with Gasteiger partial charge in [-0.2, -0.15) is 0 Å². The molecule has 0 bridgehead atoms. The molecule has 2 aliphatic carbocycles. The average molecular weight is 275 g/mol. The monoisotopic (exact) mass is 275 g/mol. The topological polar surface area (TPSA) is 37.4 Å². The largest absolute Gasteiger partial charge is 0.273 e. The molecule has 102 valence electrons. The van der Waals surface area contributed by atoms with E-state index in [1.54, 1.807) is 12.1 Å². The molecule has 2 amide bonds. The summed E-state index contributed by atoms with van der Waals surface area (Å²) in [5.41, 5.74) is 2.36. The minimum Gasteiger partial charge on any atom is -0.273 e. The summed E-state index contributed by atoms with van der Waals surface area (Å²) in [6, 6.07) is 9.12. The van der Waals surface area contributed by atoms with E-state index in [1.807, 2.05) is 54.7 Å². The van der Waals surface area contributed by atoms with Crippen molar-refractivity contribution < 1.29 is 9.59 Å². The minimum absolute atomic E-state index is 0.125. The van der Waals surface area contributed by atoms with Gasteiger partial charge in [0.2, 0.25) is 5.91 Å². The number of para-hydroxylation sites is 1. The van der Waals surface area contributed by atoms with Crippen molar-refractivity contribution in [1.29, 1.82) is 0 Å². The number of benzene rings is 1. The van der Waals surface area contributed by atoms with E-state index in [2.05, 4.69) is 0 Å². The summed E-state index contributed by atoms with van der Waals surface area (Å²) in [5.74, 6) is -0.775. The number of hydrogen-bond acceptors (Lipinski definition) is 2. The molecule has 0 radical (unpaired) electrons. The van der Waals surface area contributed by atoms with E-state index in [4.69, 9.17) is 0 Å². The van der Waals surface area contributed by atoms with Crippen LogP contribution in [0.3, 0.4) is 0 Å². The van der Waals surface area contributed by atoms with Crippen molar-refractivity contribution >= 4 is 17.5 Å². The summed E-state index contributed by atoms with van der Waals surface area (Å²) < 4.78 is 0. The summed E-state index contributed by atoms with van der Waals surface area (Å²) in [6.07, 6.45) is 11.5. The van der Waals surface area contributed by atoms with Crippen LogP contribution in [-0.2, 0) is 9.59 Å². The van der Waals surface area contributed by atoms with Crippen molar-refractivity contribution in [2.75, 3.05) is 4.90 Å². The number of amides is 2. The number of rotatable bonds is 1. The molecule has 0 spiro atoms. The maximum Gasteiger partial charge on any atom is 0.261 e. The Kier molecular flexibility index (Phi) is 2.54. The fourth-order valence-corrected chi connectivity index (χ4v) is 3.24. The first-order valence-electron chi connectivity index (χ1n) is 6.97. The lowest BCUT2D eigenvalue weighted by molar-refractivity contribution is -0.129. The molecule has 2 atom stereocenters. The van der Waals surface area contributed by atoms with Gasteiger partial charge in [-0.1, -0.05) is 54.7 Å². The van der Waals surface area contributed by atoms with Crippen LogP contribution in [0, 0.1) is 11.8 Å². The summed E-state index contributed by atoms with van der Waals surface area (Å²) in [5, 5.41) is 0. The molecule has 1 aliphatic heterocycles. The zero-order chi connectivity index (χ0) is 14.4. The Labute approximate surface area is 122 Å². The van der Waals surface area contributed by atoms with E-state index in [9.17, 15) is 9.59 Å². The number of carbonyl (C=O) groups excluding carboxylic acids is 2. The Bertz CT molecular complexity index is 753. The van der Waals surface area contributed by atoms with Gasteiger partial charge in [0.05, 0.1) is 11.6 Å². The normalized spacial score (nSPS) is 26.4. The van der Waals surface area contributed by atoms with E-state index in [0.29, 0.717) is 11.3 Å². The molecule has 4 rings (SSSR count). The van der Waals surface area contributed by atoms with Gasteiger partial charge in [-0.15, -0.1) is 0 Å². The van der Waals surface area contributed by atoms with Gasteiger partial charge in [0, 0.05) is 11.5 Å². The van der Waals surface area contributed by atoms with E-state index < -0.39 is 0 Å². The zero-order valence-corrected chi connectivity index (χ0v) is 11.3. The van der Waals surface area contributed by atoms with Gasteiger partial charge in [0.1, 0.15) is 0 Å². The molecular weight excluding hydrogens is 262 g/mol. The SMILES string of the molecule is O=C1C2=CC=CC3=CC=CC(C(=O)N1c1ccccc1)C32. The maximum atomic E-state index is 12.8. The number of imide groups is 1. The molecule has 1 fully saturated rings. The molecule has 1 aromatic rings. The molecule has 1 saturated heterocycles. The second-order valence-corrected chi connectivity index (χ2v) is 5.35. The molecule has 0 aromatic heterocycles. The number of carbonyl (C=O) groups is 2. The molecule has 0 N–H and O–H groups in total. The Morgan fingerprint density at radius 1 is 0.952 bits per heavy atom. The lowest BCUT2D eigenvalue weighted by atomic mass is 9.71. The van der Waals surface area contributed by atoms with Gasteiger partial charge >= 0.3 is 0 Å². The maximum absolute atomic E-state index is 12.8. The fourth-order valence-electron chi connectivity index (χ4n) is 3.24. The third-order valence-corrected chi connectivity index (χ3v) is 4.19. The highest BCUT2D eigenvalue weighted by atomic mass is 16.2. The third kappa shape index (κ3) is 1.67. The average Bonchev–Trinajstić information content (AvgIpc) is 2.54. The standard InChI is InChI=1S/C18H13NO2/c20-17-14-10-4-6-12-7-5-11-15(16(12)14)18(21)19(17)13-8-2-1-3-9-13/h1-11,14,16H. The molecule has 3 nitrogen and oxygen atoms in total. The minimum atomic E-state index is -0.292. The zero-order valence-electron chi connectivity index (χ0n) is 11.3. The highest BCUT2D eigenvalue weighted by molar-refractivity contribution is 6.25. The molecule has 3 heteroatoms. The first kappa shape index (κ1) is 12.1. The summed E-state index contributed by atoms with van der Waals surface area (Å²) in [6.45, 7) is 0. The van der Waals surface area contributed by atoms with Crippen LogP contribution >= 0.6 is 0 Å². The molecule has 2 unspecified atom stereocenters. The van der Waals surface area contributed by atoms with Crippen LogP contribution in [-0.4, -0.2) is 11.8 Å². The second kappa shape index (κ2) is 4.42. The number of hydrogen-bond donors (Lipinski definition) is 0. The summed E-state index contributed by atoms with van der Waals surface area (Å²) >= 11 is 0. The van der Waals surface area contributed by atoms with E-state index >= 15 is 0 Å². The van der Waals surface area contributed by atoms with Crippen molar-refractivity contribution in [1.82, 2.24) is 0 Å². The molecule has 1 aromatic carbocycles. The van der Waals surface area contributed by atoms with Crippen molar-refractivity contribution in [3.8, 4) is 0 Å². The highest BCUT2D eigenvalue weighted by Gasteiger charge is 2.46. The van der Waals surface area contributed by atoms with Crippen LogP contribution < -0.4 is 4.90 Å². The lowest BCUT2D eigenvalue weighted by Gasteiger charge is -2.39. The van der Waals surface area contributed by atoms with Crippen LogP contribution in [0.25, 0.3) is 0 Å². The number of allylic oxidation sites excluding steroid dienone is 6. The lowest BCUT2D eigenvalue weighted by Crippen LogP contribution is -2.51. The van der Waals surface area contributed by atoms with Crippen molar-refractivity contribution in [2.24, 2.45) is 11.8 Å². The predicted octanol–water partition coefficient (Wildman–Crippen LogP) is 2.78. The number of nitrogens with zero attached hydrogens (tertiary/aromatic N) is 1. The summed E-state index contributed by atoms with van der Waals surface area (Å²) in [4.78, 5) is 26.8. The molecule has 3 aliphatic rings. The number of piperidine rings is 1. The molecule has 0 saturated carbocycles. The van der Waals surface area contributed by atoms with Crippen LogP contribution in [0.1, 0.15) is 0 Å². The van der Waals surface area contributed by atoms with Crippen molar-refractivity contribution in [2.45, 2.75) is 0 Å². The van der Waals surface area contributed by atoms with Crippen LogP contribution in [0.5, 0.6) is 0 Å². The summed E-state index contributed by atoms with van der Waals surface area (Å²) in [7, 11) is 0. The second-order valence-electron chi connectivity index (χ2n) is 5.35. The van der Waals surface area contributed by atoms with E-state index in [-0.39, 0.29) is 23.7 Å². The van der Waals surface area contributed by atoms with Crippen LogP contribution in [0.4, 0.5) is 5.69 Å². The van der Waals surface area contributed by atoms with Gasteiger partial charge in [0.15, 0.2) is 0 Å². The van der Waals surface area contributed by atoms with E-state index in [1.165, 1.54) is 4.90 Å². The predicted molar refractivity (Wildman–Crippen MR) is 80.4 cm³/mol. The Morgan fingerprint density at radius 3 is 2.57 bits per heavy atom. The fraction of sp³-hybridized carbons (Fsp3) is 0.111. The van der Waals surface area contributed by atoms with Gasteiger partial charge < -0.3 is 0 Å². The Morgan fingerprint density at radius 2 is 1.76 bits per heavy atom. The molecule has 1 heterocycles. The smallest absolute Gasteiger partial charge is 0.261 e. The van der Waals surface area contributed by atoms with Crippen molar-refractivity contribution in [3.05, 3.63) is 77.9 Å². The Hall–Kier alpha value is -2.68. The van der Waals surface area contributed by atoms with Crippen LogP contribution in [0.15, 0.2) is 77.9 Å². The van der Waals surface area contributed by atoms with E-state index in [0.717, 1.165) is 5.57 Å². The molecular formula is C18H13NO2. The van der Waals surface area contributed by atoms with Gasteiger partial charge in [-0.25, -0.2) is 4.90 Å². The first-order valence-corrected chi connectivity index (χ1v) is 6.97. The van der Waals surface area contributed by atoms with Gasteiger partial charge in [-0.05, 0) is 17.7 Å². The first-order chi connectivity index (χ1) is 10.3. The van der Waals surface area contributed by atoms with Gasteiger partial charge in [-0.3, -0.25) is 9.59 Å². The molecule has 21 heavy (non-hydrogen) atoms. The quantitative estimate of drug-likeness (QED) is 0.739. The van der Waals surface area contributed by atoms with Gasteiger partial charge in [0.25, 0.3) is 5.91 Å². The Balaban J connectivity index is 1.86. The van der Waals surface area contributed by atoms with Crippen LogP contribution in [0.2, 0.25) is 0 Å². The number of anilines is 1. The van der Waals surface area contributed by atoms with Crippen molar-refractivity contribution in [3.63, 3.8) is 0 Å². The third-order valence-electron chi connectivity index (χ3n) is 4.19. The highest BCUT2D eigenvalue weighted by Crippen LogP contribution is 2.42.